The molecule has 0 radical (unpaired) electrons. The van der Waals surface area contributed by atoms with E-state index in [2.05, 4.69) is 16.9 Å². The first kappa shape index (κ1) is 18.4. The van der Waals surface area contributed by atoms with Crippen molar-refractivity contribution >= 4 is 5.95 Å². The molecule has 1 aliphatic rings. The zero-order chi connectivity index (χ0) is 19.7. The first-order valence-corrected chi connectivity index (χ1v) is 9.44. The Morgan fingerprint density at radius 2 is 1.75 bits per heavy atom. The van der Waals surface area contributed by atoms with E-state index < -0.39 is 0 Å². The first-order valence-electron chi connectivity index (χ1n) is 9.44. The van der Waals surface area contributed by atoms with Gasteiger partial charge in [0, 0.05) is 37.0 Å². The predicted molar refractivity (Wildman–Crippen MR) is 109 cm³/mol. The Kier molecular flexibility index (Phi) is 5.00. The molecule has 1 aromatic carbocycles. The Hall–Kier alpha value is -2.93. The lowest BCUT2D eigenvalue weighted by atomic mass is 10.1. The van der Waals surface area contributed by atoms with E-state index in [1.165, 1.54) is 0 Å². The lowest BCUT2D eigenvalue weighted by molar-refractivity contribution is 0.122. The molecule has 4 rings (SSSR count). The van der Waals surface area contributed by atoms with E-state index >= 15 is 0 Å². The van der Waals surface area contributed by atoms with Gasteiger partial charge in [-0.05, 0) is 32.0 Å². The molecule has 7 heteroatoms. The second kappa shape index (κ2) is 7.59. The molecule has 0 spiro atoms. The largest absolute Gasteiger partial charge is 0.496 e. The number of morpholine rings is 1. The second-order valence-electron chi connectivity index (χ2n) is 6.91. The lowest BCUT2D eigenvalue weighted by Gasteiger charge is -2.27. The highest BCUT2D eigenvalue weighted by atomic mass is 16.5. The van der Waals surface area contributed by atoms with Crippen molar-refractivity contribution in [3.8, 4) is 28.3 Å². The van der Waals surface area contributed by atoms with Crippen LogP contribution in [0.15, 0.2) is 30.3 Å². The van der Waals surface area contributed by atoms with Crippen LogP contribution < -0.4 is 9.64 Å². The van der Waals surface area contributed by atoms with Crippen molar-refractivity contribution in [2.75, 3.05) is 38.3 Å². The summed E-state index contributed by atoms with van der Waals surface area (Å²) in [6.07, 6.45) is 0. The number of methoxy groups -OCH3 is 1. The topological polar surface area (TPSA) is 65.3 Å². The summed E-state index contributed by atoms with van der Waals surface area (Å²) in [6, 6.07) is 9.96. The summed E-state index contributed by atoms with van der Waals surface area (Å²) in [5.41, 5.74) is 5.75. The van der Waals surface area contributed by atoms with E-state index in [-0.39, 0.29) is 0 Å². The molecule has 0 saturated carbocycles. The van der Waals surface area contributed by atoms with Gasteiger partial charge in [-0.2, -0.15) is 5.10 Å². The molecular formula is C21H25N5O2. The normalized spacial score (nSPS) is 14.4. The van der Waals surface area contributed by atoms with Gasteiger partial charge in [-0.15, -0.1) is 0 Å². The van der Waals surface area contributed by atoms with Gasteiger partial charge >= 0.3 is 0 Å². The maximum absolute atomic E-state index is 5.57. The number of rotatable bonds is 4. The number of hydrogen-bond acceptors (Lipinski definition) is 6. The molecule has 3 aromatic rings. The lowest BCUT2D eigenvalue weighted by Crippen LogP contribution is -2.37. The monoisotopic (exact) mass is 379 g/mol. The molecule has 0 unspecified atom stereocenters. The summed E-state index contributed by atoms with van der Waals surface area (Å²) in [6.45, 7) is 7.00. The maximum Gasteiger partial charge on any atom is 0.226 e. The van der Waals surface area contributed by atoms with Crippen molar-refractivity contribution in [1.82, 2.24) is 19.7 Å². The second-order valence-corrected chi connectivity index (χ2v) is 6.91. The Morgan fingerprint density at radius 3 is 2.43 bits per heavy atom. The van der Waals surface area contributed by atoms with Crippen LogP contribution in [0.5, 0.6) is 5.75 Å². The molecule has 1 fully saturated rings. The van der Waals surface area contributed by atoms with E-state index in [1.54, 1.807) is 7.11 Å². The molecule has 28 heavy (non-hydrogen) atoms. The van der Waals surface area contributed by atoms with Gasteiger partial charge in [-0.3, -0.25) is 4.68 Å². The molecular weight excluding hydrogens is 354 g/mol. The van der Waals surface area contributed by atoms with Gasteiger partial charge in [0.05, 0.1) is 37.4 Å². The van der Waals surface area contributed by atoms with Gasteiger partial charge in [0.15, 0.2) is 0 Å². The summed E-state index contributed by atoms with van der Waals surface area (Å²) in [4.78, 5) is 12.0. The molecule has 0 N–H and O–H groups in total. The molecule has 0 atom stereocenters. The average Bonchev–Trinajstić information content (AvgIpc) is 2.99. The third-order valence-corrected chi connectivity index (χ3v) is 5.16. The number of hydrogen-bond donors (Lipinski definition) is 0. The third kappa shape index (κ3) is 3.33. The van der Waals surface area contributed by atoms with Crippen molar-refractivity contribution in [2.24, 2.45) is 7.05 Å². The third-order valence-electron chi connectivity index (χ3n) is 5.16. The number of benzene rings is 1. The summed E-state index contributed by atoms with van der Waals surface area (Å²) >= 11 is 0. The number of para-hydroxylation sites is 1. The van der Waals surface area contributed by atoms with E-state index in [1.807, 2.05) is 49.0 Å². The minimum atomic E-state index is 0.683. The molecule has 0 bridgehead atoms. The van der Waals surface area contributed by atoms with Crippen LogP contribution in [0.1, 0.15) is 11.4 Å². The average molecular weight is 379 g/mol. The molecule has 1 aliphatic heterocycles. The number of aromatic nitrogens is 4. The zero-order valence-electron chi connectivity index (χ0n) is 16.8. The van der Waals surface area contributed by atoms with E-state index in [0.717, 1.165) is 52.7 Å². The van der Waals surface area contributed by atoms with Crippen LogP contribution in [0.2, 0.25) is 0 Å². The number of nitrogens with zero attached hydrogens (tertiary/aromatic N) is 5. The van der Waals surface area contributed by atoms with Gasteiger partial charge in [-0.25, -0.2) is 9.97 Å². The molecule has 146 valence electrons. The molecule has 0 amide bonds. The quantitative estimate of drug-likeness (QED) is 0.694. The van der Waals surface area contributed by atoms with Gasteiger partial charge in [0.2, 0.25) is 5.95 Å². The highest BCUT2D eigenvalue weighted by Gasteiger charge is 2.21. The van der Waals surface area contributed by atoms with E-state index in [0.29, 0.717) is 19.2 Å². The smallest absolute Gasteiger partial charge is 0.226 e. The standard InChI is InChI=1S/C21H25N5O2/c1-14-20(15(2)25(3)24-14)18-13-17(16-7-5-6-8-19(16)27-4)22-21(23-18)26-9-11-28-12-10-26/h5-8,13H,9-12H2,1-4H3. The van der Waals surface area contributed by atoms with Crippen molar-refractivity contribution in [2.45, 2.75) is 13.8 Å². The fraction of sp³-hybridized carbons (Fsp3) is 0.381. The Bertz CT molecular complexity index is 992. The van der Waals surface area contributed by atoms with Gasteiger partial charge < -0.3 is 14.4 Å². The number of aryl methyl sites for hydroxylation is 2. The summed E-state index contributed by atoms with van der Waals surface area (Å²) < 4.78 is 13.0. The summed E-state index contributed by atoms with van der Waals surface area (Å²) in [5.74, 6) is 1.50. The van der Waals surface area contributed by atoms with E-state index in [4.69, 9.17) is 19.4 Å². The van der Waals surface area contributed by atoms with Crippen LogP contribution in [0, 0.1) is 13.8 Å². The highest BCUT2D eigenvalue weighted by molar-refractivity contribution is 5.75. The van der Waals surface area contributed by atoms with Crippen LogP contribution in [-0.2, 0) is 11.8 Å². The van der Waals surface area contributed by atoms with Crippen LogP contribution in [0.25, 0.3) is 22.5 Å². The maximum atomic E-state index is 5.57. The minimum absolute atomic E-state index is 0.683. The summed E-state index contributed by atoms with van der Waals surface area (Å²) in [7, 11) is 3.64. The van der Waals surface area contributed by atoms with Crippen LogP contribution in [-0.4, -0.2) is 53.2 Å². The SMILES string of the molecule is COc1ccccc1-c1cc(-c2c(C)nn(C)c2C)nc(N2CCOCC2)n1. The fourth-order valence-corrected chi connectivity index (χ4v) is 3.61. The van der Waals surface area contributed by atoms with Gasteiger partial charge in [0.25, 0.3) is 0 Å². The number of anilines is 1. The van der Waals surface area contributed by atoms with E-state index in [9.17, 15) is 0 Å². The molecule has 3 heterocycles. The first-order chi connectivity index (χ1) is 13.6. The fourth-order valence-electron chi connectivity index (χ4n) is 3.61. The van der Waals surface area contributed by atoms with Crippen LogP contribution in [0.3, 0.4) is 0 Å². The van der Waals surface area contributed by atoms with Crippen molar-refractivity contribution in [1.29, 1.82) is 0 Å². The molecule has 0 aliphatic carbocycles. The zero-order valence-corrected chi connectivity index (χ0v) is 16.8. The number of ether oxygens (including phenoxy) is 2. The Morgan fingerprint density at radius 1 is 1.04 bits per heavy atom. The van der Waals surface area contributed by atoms with Crippen LogP contribution >= 0.6 is 0 Å². The highest BCUT2D eigenvalue weighted by Crippen LogP contribution is 2.34. The summed E-state index contributed by atoms with van der Waals surface area (Å²) in [5, 5.41) is 4.56. The van der Waals surface area contributed by atoms with Crippen molar-refractivity contribution in [3.63, 3.8) is 0 Å². The Balaban J connectivity index is 1.91. The van der Waals surface area contributed by atoms with Crippen LogP contribution in [0.4, 0.5) is 5.95 Å². The molecule has 2 aromatic heterocycles. The molecule has 7 nitrogen and oxygen atoms in total. The van der Waals surface area contributed by atoms with Crippen molar-refractivity contribution < 1.29 is 9.47 Å². The predicted octanol–water partition coefficient (Wildman–Crippen LogP) is 3.01. The Labute approximate surface area is 164 Å². The minimum Gasteiger partial charge on any atom is -0.496 e. The van der Waals surface area contributed by atoms with Crippen molar-refractivity contribution in [3.05, 3.63) is 41.7 Å². The van der Waals surface area contributed by atoms with Gasteiger partial charge in [-0.1, -0.05) is 12.1 Å². The van der Waals surface area contributed by atoms with Gasteiger partial charge in [0.1, 0.15) is 5.75 Å². The molecule has 1 saturated heterocycles.